The Morgan fingerprint density at radius 3 is 2.53 bits per heavy atom. The van der Waals surface area contributed by atoms with Gasteiger partial charge in [0.1, 0.15) is 11.6 Å². The molecule has 1 saturated heterocycles. The molecule has 3 aromatic rings. The maximum atomic E-state index is 15.0. The third kappa shape index (κ3) is 3.16. The zero-order chi connectivity index (χ0) is 21.7. The minimum atomic E-state index is -1.70. The number of fused-ring (bicyclic) bond motifs is 1. The summed E-state index contributed by atoms with van der Waals surface area (Å²) < 4.78 is 34.3. The Balaban J connectivity index is 2.06. The van der Waals surface area contributed by atoms with Gasteiger partial charge in [0.15, 0.2) is 5.75 Å². The molecule has 30 heavy (non-hydrogen) atoms. The molecular formula is C20H16ClF2N3O4. The van der Waals surface area contributed by atoms with E-state index < -0.39 is 29.0 Å². The normalized spacial score (nSPS) is 18.4. The number of pyridine rings is 1. The summed E-state index contributed by atoms with van der Waals surface area (Å²) in [5.74, 6) is -1.78. The van der Waals surface area contributed by atoms with Crippen molar-refractivity contribution >= 4 is 34.3 Å². The second-order valence-electron chi connectivity index (χ2n) is 7.01. The molecule has 0 spiro atoms. The highest BCUT2D eigenvalue weighted by molar-refractivity contribution is 6.38. The molecule has 156 valence electrons. The van der Waals surface area contributed by atoms with Crippen molar-refractivity contribution in [3.05, 3.63) is 63.4 Å². The molecule has 0 saturated carbocycles. The molecule has 1 aliphatic heterocycles. The van der Waals surface area contributed by atoms with E-state index in [-0.39, 0.29) is 33.7 Å². The molecular weight excluding hydrogens is 420 g/mol. The van der Waals surface area contributed by atoms with Gasteiger partial charge in [-0.2, -0.15) is 0 Å². The van der Waals surface area contributed by atoms with Gasteiger partial charge in [-0.25, -0.2) is 13.6 Å². The van der Waals surface area contributed by atoms with Gasteiger partial charge in [-0.15, -0.1) is 0 Å². The van der Waals surface area contributed by atoms with Crippen molar-refractivity contribution in [3.63, 3.8) is 0 Å². The highest BCUT2D eigenvalue weighted by Crippen LogP contribution is 2.40. The number of halogens is 3. The maximum absolute atomic E-state index is 15.0. The number of nitrogens with zero attached hydrogens (tertiary/aromatic N) is 2. The second-order valence-corrected chi connectivity index (χ2v) is 7.39. The first kappa shape index (κ1) is 20.1. The predicted molar refractivity (Wildman–Crippen MR) is 108 cm³/mol. The van der Waals surface area contributed by atoms with Crippen LogP contribution in [0.4, 0.5) is 19.3 Å². The van der Waals surface area contributed by atoms with Crippen LogP contribution < -0.4 is 20.8 Å². The first-order valence-corrected chi connectivity index (χ1v) is 9.33. The van der Waals surface area contributed by atoms with Crippen LogP contribution in [0.3, 0.4) is 0 Å². The topological polar surface area (TPSA) is 97.8 Å². The average molecular weight is 436 g/mol. The van der Waals surface area contributed by atoms with E-state index in [1.165, 1.54) is 28.8 Å². The highest BCUT2D eigenvalue weighted by Gasteiger charge is 2.36. The zero-order valence-corrected chi connectivity index (χ0v) is 16.4. The van der Waals surface area contributed by atoms with Crippen LogP contribution in [-0.2, 0) is 0 Å². The fourth-order valence-corrected chi connectivity index (χ4v) is 3.94. The number of rotatable bonds is 3. The molecule has 0 amide bonds. The van der Waals surface area contributed by atoms with E-state index in [0.717, 1.165) is 12.3 Å². The minimum absolute atomic E-state index is 0.0490. The van der Waals surface area contributed by atoms with Crippen LogP contribution in [0.25, 0.3) is 16.6 Å². The molecule has 7 nitrogen and oxygen atoms in total. The number of nitrogens with two attached hydrogens (primary N) is 1. The number of hydrogen-bond acceptors (Lipinski definition) is 5. The number of carbonyl (C=O) groups is 1. The van der Waals surface area contributed by atoms with Gasteiger partial charge < -0.3 is 25.0 Å². The standard InChI is InChI=1S/C20H16ClF2N3O4/c1-9-14(24)7-25(9)18-13(23)6-12-17(16(18)21)26(11-4-2-10(22)3-5-11)8-15(19(12)27)30-20(28)29/h2-6,8-9,14H,7,24H2,1H3,(H,28,29)/t9-,14+/m1/s1. The van der Waals surface area contributed by atoms with Gasteiger partial charge in [0.2, 0.25) is 5.43 Å². The van der Waals surface area contributed by atoms with E-state index in [4.69, 9.17) is 22.4 Å². The molecule has 1 aliphatic rings. The van der Waals surface area contributed by atoms with E-state index in [9.17, 15) is 18.4 Å². The van der Waals surface area contributed by atoms with Gasteiger partial charge in [0, 0.05) is 24.3 Å². The summed E-state index contributed by atoms with van der Waals surface area (Å²) in [7, 11) is 0. The Morgan fingerprint density at radius 2 is 1.97 bits per heavy atom. The number of anilines is 1. The molecule has 4 rings (SSSR count). The molecule has 2 atom stereocenters. The monoisotopic (exact) mass is 435 g/mol. The summed E-state index contributed by atoms with van der Waals surface area (Å²) in [5.41, 5.74) is 5.66. The largest absolute Gasteiger partial charge is 0.511 e. The van der Waals surface area contributed by atoms with Gasteiger partial charge >= 0.3 is 6.16 Å². The van der Waals surface area contributed by atoms with Crippen molar-refractivity contribution in [1.29, 1.82) is 0 Å². The molecule has 0 unspecified atom stereocenters. The van der Waals surface area contributed by atoms with E-state index in [0.29, 0.717) is 12.2 Å². The van der Waals surface area contributed by atoms with Crippen LogP contribution in [0.2, 0.25) is 5.02 Å². The van der Waals surface area contributed by atoms with Crippen LogP contribution in [-0.4, -0.2) is 34.5 Å². The first-order chi connectivity index (χ1) is 14.2. The maximum Gasteiger partial charge on any atom is 0.511 e. The molecule has 2 aromatic carbocycles. The fraction of sp³-hybridized carbons (Fsp3) is 0.200. The molecule has 1 fully saturated rings. The molecule has 2 heterocycles. The molecule has 1 aromatic heterocycles. The summed E-state index contributed by atoms with van der Waals surface area (Å²) in [6.07, 6.45) is -0.575. The summed E-state index contributed by atoms with van der Waals surface area (Å²) >= 11 is 6.57. The van der Waals surface area contributed by atoms with Crippen molar-refractivity contribution in [2.45, 2.75) is 19.0 Å². The van der Waals surface area contributed by atoms with E-state index in [1.807, 2.05) is 6.92 Å². The lowest BCUT2D eigenvalue weighted by Crippen LogP contribution is -2.63. The number of ether oxygens (including phenoxy) is 1. The minimum Gasteiger partial charge on any atom is -0.449 e. The summed E-state index contributed by atoms with van der Waals surface area (Å²) in [6, 6.07) is 5.86. The van der Waals surface area contributed by atoms with Gasteiger partial charge in [-0.3, -0.25) is 4.79 Å². The lowest BCUT2D eigenvalue weighted by molar-refractivity contribution is 0.144. The van der Waals surface area contributed by atoms with Crippen molar-refractivity contribution in [1.82, 2.24) is 4.57 Å². The molecule has 0 aliphatic carbocycles. The highest BCUT2D eigenvalue weighted by atomic mass is 35.5. The molecule has 3 N–H and O–H groups in total. The SMILES string of the molecule is C[C@@H]1[C@@H](N)CN1c1c(F)cc2c(=O)c(OC(=O)O)cn(-c3ccc(F)cc3)c2c1Cl. The van der Waals surface area contributed by atoms with Gasteiger partial charge in [0.05, 0.1) is 27.8 Å². The first-order valence-electron chi connectivity index (χ1n) is 8.95. The Labute approximate surface area is 173 Å². The van der Waals surface area contributed by atoms with Crippen molar-refractivity contribution < 1.29 is 23.4 Å². The summed E-state index contributed by atoms with van der Waals surface area (Å²) in [4.78, 5) is 25.5. The van der Waals surface area contributed by atoms with Gasteiger partial charge in [-0.1, -0.05) is 11.6 Å². The third-order valence-corrected chi connectivity index (χ3v) is 5.59. The quantitative estimate of drug-likeness (QED) is 0.611. The van der Waals surface area contributed by atoms with Crippen LogP contribution >= 0.6 is 11.6 Å². The lowest BCUT2D eigenvalue weighted by Gasteiger charge is -2.46. The summed E-state index contributed by atoms with van der Waals surface area (Å²) in [6.45, 7) is 2.20. The van der Waals surface area contributed by atoms with Crippen LogP contribution in [0, 0.1) is 11.6 Å². The fourth-order valence-electron chi connectivity index (χ4n) is 3.55. The van der Waals surface area contributed by atoms with Crippen molar-refractivity contribution in [2.24, 2.45) is 5.73 Å². The molecule has 0 bridgehead atoms. The van der Waals surface area contributed by atoms with Crippen molar-refractivity contribution in [3.8, 4) is 11.4 Å². The molecule has 10 heteroatoms. The van der Waals surface area contributed by atoms with Crippen LogP contribution in [0.15, 0.2) is 41.3 Å². The zero-order valence-electron chi connectivity index (χ0n) is 15.6. The Kier molecular flexibility index (Phi) is 4.87. The number of carboxylic acid groups (broad SMARTS) is 1. The number of hydrogen-bond donors (Lipinski definition) is 2. The second kappa shape index (κ2) is 7.26. The average Bonchev–Trinajstić information content (AvgIpc) is 2.69. The predicted octanol–water partition coefficient (Wildman–Crippen LogP) is 3.51. The van der Waals surface area contributed by atoms with Crippen LogP contribution in [0.5, 0.6) is 5.75 Å². The van der Waals surface area contributed by atoms with E-state index in [2.05, 4.69) is 4.74 Å². The summed E-state index contributed by atoms with van der Waals surface area (Å²) in [5, 5.41) is 8.71. The Hall–Kier alpha value is -3.17. The van der Waals surface area contributed by atoms with E-state index >= 15 is 0 Å². The number of aromatic nitrogens is 1. The Morgan fingerprint density at radius 1 is 1.30 bits per heavy atom. The Bertz CT molecular complexity index is 1230. The molecule has 0 radical (unpaired) electrons. The van der Waals surface area contributed by atoms with Gasteiger partial charge in [-0.05, 0) is 37.3 Å². The smallest absolute Gasteiger partial charge is 0.449 e. The number of benzene rings is 2. The van der Waals surface area contributed by atoms with Crippen molar-refractivity contribution in [2.75, 3.05) is 11.4 Å². The lowest BCUT2D eigenvalue weighted by atomic mass is 9.97. The van der Waals surface area contributed by atoms with Crippen LogP contribution in [0.1, 0.15) is 6.92 Å². The third-order valence-electron chi connectivity index (χ3n) is 5.23. The van der Waals surface area contributed by atoms with Gasteiger partial charge in [0.25, 0.3) is 0 Å². The van der Waals surface area contributed by atoms with E-state index in [1.54, 1.807) is 4.90 Å².